The van der Waals surface area contributed by atoms with Gasteiger partial charge in [-0.05, 0) is 56.4 Å². The van der Waals surface area contributed by atoms with Gasteiger partial charge in [0.1, 0.15) is 10.6 Å². The van der Waals surface area contributed by atoms with Gasteiger partial charge in [0.15, 0.2) is 0 Å². The SMILES string of the molecule is COc1ccc(Cl)cc1S(=O)(=O)N1CCC(C(=O)N[C@H](C)CCc2ccccc2)CC1. The van der Waals surface area contributed by atoms with Gasteiger partial charge >= 0.3 is 0 Å². The molecule has 0 aromatic heterocycles. The summed E-state index contributed by atoms with van der Waals surface area (Å²) in [5, 5.41) is 3.42. The Kier molecular flexibility index (Phi) is 7.97. The van der Waals surface area contributed by atoms with Gasteiger partial charge in [-0.15, -0.1) is 0 Å². The number of amides is 1. The zero-order chi connectivity index (χ0) is 22.4. The van der Waals surface area contributed by atoms with Crippen LogP contribution in [-0.4, -0.2) is 44.9 Å². The molecule has 3 rings (SSSR count). The minimum Gasteiger partial charge on any atom is -0.495 e. The third-order valence-corrected chi connectivity index (χ3v) is 7.82. The normalized spacial score (nSPS) is 16.6. The van der Waals surface area contributed by atoms with Gasteiger partial charge < -0.3 is 10.1 Å². The molecule has 168 valence electrons. The van der Waals surface area contributed by atoms with Gasteiger partial charge in [0, 0.05) is 30.1 Å². The molecule has 1 aliphatic rings. The second-order valence-corrected chi connectivity index (χ2v) is 10.3. The van der Waals surface area contributed by atoms with Gasteiger partial charge in [0.2, 0.25) is 15.9 Å². The summed E-state index contributed by atoms with van der Waals surface area (Å²) >= 11 is 6.01. The van der Waals surface area contributed by atoms with E-state index in [4.69, 9.17) is 16.3 Å². The molecule has 0 unspecified atom stereocenters. The average Bonchev–Trinajstić information content (AvgIpc) is 2.78. The molecule has 2 aromatic rings. The number of hydrogen-bond donors (Lipinski definition) is 1. The zero-order valence-electron chi connectivity index (χ0n) is 17.9. The van der Waals surface area contributed by atoms with Crippen LogP contribution >= 0.6 is 11.6 Å². The minimum absolute atomic E-state index is 0.00190. The molecule has 2 aromatic carbocycles. The zero-order valence-corrected chi connectivity index (χ0v) is 19.5. The molecular formula is C23H29ClN2O4S. The predicted molar refractivity (Wildman–Crippen MR) is 122 cm³/mol. The maximum Gasteiger partial charge on any atom is 0.246 e. The van der Waals surface area contributed by atoms with Gasteiger partial charge in [-0.2, -0.15) is 4.31 Å². The molecule has 0 aliphatic carbocycles. The van der Waals surface area contributed by atoms with Gasteiger partial charge in [-0.1, -0.05) is 41.9 Å². The second-order valence-electron chi connectivity index (χ2n) is 7.91. The molecule has 0 bridgehead atoms. The van der Waals surface area contributed by atoms with E-state index >= 15 is 0 Å². The van der Waals surface area contributed by atoms with Crippen molar-refractivity contribution in [3.63, 3.8) is 0 Å². The van der Waals surface area contributed by atoms with Crippen LogP contribution in [0.5, 0.6) is 5.75 Å². The van der Waals surface area contributed by atoms with Crippen molar-refractivity contribution < 1.29 is 17.9 Å². The number of benzene rings is 2. The molecule has 1 atom stereocenters. The van der Waals surface area contributed by atoms with Crippen molar-refractivity contribution in [1.29, 1.82) is 0 Å². The Morgan fingerprint density at radius 3 is 2.52 bits per heavy atom. The number of nitrogens with zero attached hydrogens (tertiary/aromatic N) is 1. The number of nitrogens with one attached hydrogen (secondary N) is 1. The molecule has 31 heavy (non-hydrogen) atoms. The third-order valence-electron chi connectivity index (χ3n) is 5.67. The average molecular weight is 465 g/mol. The van der Waals surface area contributed by atoms with Gasteiger partial charge in [0.05, 0.1) is 7.11 Å². The molecule has 0 saturated carbocycles. The Morgan fingerprint density at radius 1 is 1.19 bits per heavy atom. The summed E-state index contributed by atoms with van der Waals surface area (Å²) in [5.41, 5.74) is 1.25. The second kappa shape index (κ2) is 10.5. The van der Waals surface area contributed by atoms with Crippen molar-refractivity contribution in [1.82, 2.24) is 9.62 Å². The molecule has 1 saturated heterocycles. The first-order chi connectivity index (χ1) is 14.8. The standard InChI is InChI=1S/C23H29ClN2O4S/c1-17(8-9-18-6-4-3-5-7-18)25-23(27)19-12-14-26(15-13-19)31(28,29)22-16-20(24)10-11-21(22)30-2/h3-7,10-11,16-17,19H,8-9,12-15H2,1-2H3,(H,25,27)/t17-/m1/s1. The monoisotopic (exact) mass is 464 g/mol. The number of carbonyl (C=O) groups excluding carboxylic acids is 1. The van der Waals surface area contributed by atoms with Crippen LogP contribution in [0, 0.1) is 5.92 Å². The lowest BCUT2D eigenvalue weighted by atomic mass is 9.96. The Labute approximate surface area is 189 Å². The quantitative estimate of drug-likeness (QED) is 0.643. The number of rotatable bonds is 8. The van der Waals surface area contributed by atoms with E-state index in [9.17, 15) is 13.2 Å². The van der Waals surface area contributed by atoms with E-state index in [2.05, 4.69) is 17.4 Å². The fourth-order valence-electron chi connectivity index (χ4n) is 3.81. The summed E-state index contributed by atoms with van der Waals surface area (Å²) < 4.78 is 32.8. The van der Waals surface area contributed by atoms with E-state index in [0.29, 0.717) is 17.9 Å². The predicted octanol–water partition coefficient (Wildman–Crippen LogP) is 3.89. The number of aryl methyl sites for hydroxylation is 1. The number of carbonyl (C=O) groups is 1. The van der Waals surface area contributed by atoms with Gasteiger partial charge in [-0.3, -0.25) is 4.79 Å². The Morgan fingerprint density at radius 2 is 1.87 bits per heavy atom. The number of halogens is 1. The summed E-state index contributed by atoms with van der Waals surface area (Å²) in [6.07, 6.45) is 2.73. The third kappa shape index (κ3) is 5.99. The van der Waals surface area contributed by atoms with Crippen molar-refractivity contribution >= 4 is 27.5 Å². The fourth-order valence-corrected chi connectivity index (χ4v) is 5.70. The maximum atomic E-state index is 13.1. The molecular weight excluding hydrogens is 436 g/mol. The molecule has 1 heterocycles. The smallest absolute Gasteiger partial charge is 0.246 e. The van der Waals surface area contributed by atoms with E-state index in [-0.39, 0.29) is 41.6 Å². The van der Waals surface area contributed by atoms with Crippen molar-refractivity contribution in [2.45, 2.75) is 43.5 Å². The van der Waals surface area contributed by atoms with Gasteiger partial charge in [-0.25, -0.2) is 8.42 Å². The van der Waals surface area contributed by atoms with Crippen molar-refractivity contribution in [3.05, 3.63) is 59.1 Å². The van der Waals surface area contributed by atoms with Crippen molar-refractivity contribution in [2.24, 2.45) is 5.92 Å². The summed E-state index contributed by atoms with van der Waals surface area (Å²) in [7, 11) is -2.32. The lowest BCUT2D eigenvalue weighted by molar-refractivity contribution is -0.126. The van der Waals surface area contributed by atoms with E-state index in [1.807, 2.05) is 25.1 Å². The van der Waals surface area contributed by atoms with E-state index < -0.39 is 10.0 Å². The van der Waals surface area contributed by atoms with Crippen molar-refractivity contribution in [3.8, 4) is 5.75 Å². The Balaban J connectivity index is 1.54. The maximum absolute atomic E-state index is 13.1. The number of sulfonamides is 1. The molecule has 1 aliphatic heterocycles. The van der Waals surface area contributed by atoms with Crippen LogP contribution < -0.4 is 10.1 Å². The Bertz CT molecular complexity index is 990. The van der Waals surface area contributed by atoms with Crippen LogP contribution in [0.15, 0.2) is 53.4 Å². The molecule has 6 nitrogen and oxygen atoms in total. The highest BCUT2D eigenvalue weighted by molar-refractivity contribution is 7.89. The number of ether oxygens (including phenoxy) is 1. The van der Waals surface area contributed by atoms with Crippen LogP contribution in [0.3, 0.4) is 0 Å². The van der Waals surface area contributed by atoms with E-state index in [1.165, 1.54) is 23.0 Å². The first kappa shape index (κ1) is 23.6. The molecule has 1 amide bonds. The highest BCUT2D eigenvalue weighted by atomic mass is 35.5. The number of methoxy groups -OCH3 is 1. The van der Waals surface area contributed by atoms with E-state index in [0.717, 1.165) is 12.8 Å². The largest absolute Gasteiger partial charge is 0.495 e. The van der Waals surface area contributed by atoms with Crippen LogP contribution in [0.25, 0.3) is 0 Å². The molecule has 0 spiro atoms. The number of hydrogen-bond acceptors (Lipinski definition) is 4. The van der Waals surface area contributed by atoms with Crippen LogP contribution in [0.4, 0.5) is 0 Å². The van der Waals surface area contributed by atoms with Crippen molar-refractivity contribution in [2.75, 3.05) is 20.2 Å². The summed E-state index contributed by atoms with van der Waals surface area (Å²) in [6, 6.07) is 14.8. The summed E-state index contributed by atoms with van der Waals surface area (Å²) in [4.78, 5) is 12.7. The molecule has 1 fully saturated rings. The van der Waals surface area contributed by atoms with E-state index in [1.54, 1.807) is 12.1 Å². The lowest BCUT2D eigenvalue weighted by Gasteiger charge is -2.31. The first-order valence-electron chi connectivity index (χ1n) is 10.5. The topological polar surface area (TPSA) is 75.7 Å². The highest BCUT2D eigenvalue weighted by Gasteiger charge is 2.34. The summed E-state index contributed by atoms with van der Waals surface area (Å²) in [6.45, 7) is 2.58. The van der Waals surface area contributed by atoms with Crippen LogP contribution in [-0.2, 0) is 21.2 Å². The van der Waals surface area contributed by atoms with Crippen LogP contribution in [0.1, 0.15) is 31.7 Å². The fraction of sp³-hybridized carbons (Fsp3) is 0.435. The first-order valence-corrected chi connectivity index (χ1v) is 12.3. The molecule has 8 heteroatoms. The Hall–Kier alpha value is -2.09. The van der Waals surface area contributed by atoms with Gasteiger partial charge in [0.25, 0.3) is 0 Å². The highest BCUT2D eigenvalue weighted by Crippen LogP contribution is 2.31. The number of piperidine rings is 1. The summed E-state index contributed by atoms with van der Waals surface area (Å²) in [5.74, 6) is 0.0707. The van der Waals surface area contributed by atoms with Crippen LogP contribution in [0.2, 0.25) is 5.02 Å². The molecule has 1 N–H and O–H groups in total. The minimum atomic E-state index is -3.75. The molecule has 0 radical (unpaired) electrons. The lowest BCUT2D eigenvalue weighted by Crippen LogP contribution is -2.44.